The maximum atomic E-state index is 13.2. The molecular formula is C25H30N4O4S. The van der Waals surface area contributed by atoms with Crippen LogP contribution in [0.15, 0.2) is 57.8 Å². The molecule has 9 heteroatoms. The summed E-state index contributed by atoms with van der Waals surface area (Å²) in [6.45, 7) is 5.49. The number of amides is 1. The smallest absolute Gasteiger partial charge is 0.285 e. The first kappa shape index (κ1) is 22.7. The van der Waals surface area contributed by atoms with Crippen molar-refractivity contribution in [3.63, 3.8) is 0 Å². The molecule has 1 amide bonds. The molecule has 0 N–H and O–H groups in total. The summed E-state index contributed by atoms with van der Waals surface area (Å²) in [7, 11) is -1.79. The Bertz CT molecular complexity index is 1220. The van der Waals surface area contributed by atoms with Crippen molar-refractivity contribution in [2.75, 3.05) is 44.7 Å². The van der Waals surface area contributed by atoms with Gasteiger partial charge in [-0.3, -0.25) is 4.79 Å². The first-order chi connectivity index (χ1) is 16.4. The minimum absolute atomic E-state index is 0.0848. The number of likely N-dealkylation sites (N-methyl/N-ethyl adjacent to an activating group) is 2. The number of hydrogen-bond donors (Lipinski definition) is 0. The lowest BCUT2D eigenvalue weighted by Gasteiger charge is -2.38. The molecule has 0 unspecified atom stereocenters. The van der Waals surface area contributed by atoms with Crippen LogP contribution in [0.5, 0.6) is 5.75 Å². The zero-order valence-electron chi connectivity index (χ0n) is 19.6. The highest BCUT2D eigenvalue weighted by Crippen LogP contribution is 2.33. The number of ether oxygens (including phenoxy) is 1. The van der Waals surface area contributed by atoms with Gasteiger partial charge in [0.2, 0.25) is 5.91 Å². The third-order valence-electron chi connectivity index (χ3n) is 6.92. The second kappa shape index (κ2) is 8.94. The fourth-order valence-electron chi connectivity index (χ4n) is 5.14. The van der Waals surface area contributed by atoms with Crippen molar-refractivity contribution >= 4 is 27.5 Å². The summed E-state index contributed by atoms with van der Waals surface area (Å²) in [6, 6.07) is 15.0. The van der Waals surface area contributed by atoms with E-state index < -0.39 is 10.0 Å². The Morgan fingerprint density at radius 1 is 1.12 bits per heavy atom. The number of likely N-dealkylation sites (tertiary alicyclic amines) is 1. The molecule has 0 aliphatic carbocycles. The molecule has 1 fully saturated rings. The summed E-state index contributed by atoms with van der Waals surface area (Å²) in [5, 5.41) is 0. The monoisotopic (exact) mass is 482 g/mol. The summed E-state index contributed by atoms with van der Waals surface area (Å²) >= 11 is 0. The first-order valence-electron chi connectivity index (χ1n) is 11.8. The number of fused-ring (bicyclic) bond motifs is 2. The number of rotatable bonds is 4. The molecule has 0 spiro atoms. The number of carbonyl (C=O) groups is 1. The molecule has 34 heavy (non-hydrogen) atoms. The van der Waals surface area contributed by atoms with Gasteiger partial charge in [0.05, 0.1) is 18.8 Å². The molecule has 8 nitrogen and oxygen atoms in total. The molecule has 3 aliphatic rings. The number of benzene rings is 2. The Hall–Kier alpha value is -3.07. The number of para-hydroxylation sites is 2. The van der Waals surface area contributed by atoms with Gasteiger partial charge in [-0.25, -0.2) is 0 Å². The van der Waals surface area contributed by atoms with Crippen LogP contribution in [0.1, 0.15) is 25.3 Å². The Morgan fingerprint density at radius 3 is 2.59 bits per heavy atom. The molecule has 1 atom stereocenters. The predicted molar refractivity (Wildman–Crippen MR) is 131 cm³/mol. The number of sulfonamides is 1. The average Bonchev–Trinajstić information content (AvgIpc) is 3.14. The Morgan fingerprint density at radius 2 is 1.82 bits per heavy atom. The zero-order valence-corrected chi connectivity index (χ0v) is 20.4. The van der Waals surface area contributed by atoms with Crippen molar-refractivity contribution in [1.29, 1.82) is 0 Å². The number of amidine groups is 1. The molecule has 0 bridgehead atoms. The molecule has 1 saturated heterocycles. The maximum Gasteiger partial charge on any atom is 0.285 e. The van der Waals surface area contributed by atoms with Gasteiger partial charge in [0.25, 0.3) is 10.0 Å². The number of anilines is 1. The second-order valence-corrected chi connectivity index (χ2v) is 10.7. The lowest BCUT2D eigenvalue weighted by Crippen LogP contribution is -2.49. The predicted octanol–water partition coefficient (Wildman–Crippen LogP) is 2.59. The standard InChI is InChI=1S/C25H30N4O4S/c1-3-28-17-19(33-22-10-6-5-9-21(22)28)16-27(2)25(30)18-12-14-29(15-13-18)24-20-8-4-7-11-23(20)34(31,32)26-24/h4-11,18-19H,3,12-17H2,1-2H3/t19-/m0/s1. The van der Waals surface area contributed by atoms with Crippen LogP contribution in [0.25, 0.3) is 0 Å². The summed E-state index contributed by atoms with van der Waals surface area (Å²) < 4.78 is 35.0. The van der Waals surface area contributed by atoms with Gasteiger partial charge in [0, 0.05) is 38.2 Å². The van der Waals surface area contributed by atoms with E-state index in [4.69, 9.17) is 4.74 Å². The maximum absolute atomic E-state index is 13.2. The van der Waals surface area contributed by atoms with Crippen molar-refractivity contribution in [2.45, 2.75) is 30.8 Å². The van der Waals surface area contributed by atoms with Gasteiger partial charge >= 0.3 is 0 Å². The third-order valence-corrected chi connectivity index (χ3v) is 8.24. The van der Waals surface area contributed by atoms with Crippen molar-refractivity contribution in [2.24, 2.45) is 10.3 Å². The van der Waals surface area contributed by atoms with Crippen LogP contribution in [0.3, 0.4) is 0 Å². The highest BCUT2D eigenvalue weighted by Gasteiger charge is 2.35. The van der Waals surface area contributed by atoms with Gasteiger partial charge in [-0.1, -0.05) is 24.3 Å². The fraction of sp³-hybridized carbons (Fsp3) is 0.440. The number of hydrogen-bond acceptors (Lipinski definition) is 6. The van der Waals surface area contributed by atoms with Crippen LogP contribution in [-0.4, -0.2) is 75.8 Å². The van der Waals surface area contributed by atoms with E-state index in [0.717, 1.165) is 24.5 Å². The lowest BCUT2D eigenvalue weighted by atomic mass is 9.94. The van der Waals surface area contributed by atoms with Crippen molar-refractivity contribution in [1.82, 2.24) is 9.80 Å². The van der Waals surface area contributed by atoms with E-state index in [0.29, 0.717) is 43.9 Å². The van der Waals surface area contributed by atoms with Crippen LogP contribution in [0, 0.1) is 5.92 Å². The lowest BCUT2D eigenvalue weighted by molar-refractivity contribution is -0.136. The summed E-state index contributed by atoms with van der Waals surface area (Å²) in [6.07, 6.45) is 1.25. The summed E-state index contributed by atoms with van der Waals surface area (Å²) in [5.74, 6) is 1.39. The number of nitrogens with zero attached hydrogens (tertiary/aromatic N) is 4. The van der Waals surface area contributed by atoms with Crippen molar-refractivity contribution in [3.05, 3.63) is 54.1 Å². The minimum Gasteiger partial charge on any atom is -0.485 e. The quantitative estimate of drug-likeness (QED) is 0.666. The molecule has 2 aromatic rings. The molecule has 3 aliphatic heterocycles. The van der Waals surface area contributed by atoms with E-state index >= 15 is 0 Å². The van der Waals surface area contributed by atoms with Crippen LogP contribution >= 0.6 is 0 Å². The molecule has 3 heterocycles. The van der Waals surface area contributed by atoms with E-state index in [1.165, 1.54) is 0 Å². The molecule has 5 rings (SSSR count). The van der Waals surface area contributed by atoms with E-state index in [1.807, 2.05) is 36.2 Å². The molecule has 2 aromatic carbocycles. The van der Waals surface area contributed by atoms with Crippen LogP contribution in [0.2, 0.25) is 0 Å². The minimum atomic E-state index is -3.64. The Balaban J connectivity index is 1.20. The Kier molecular flexibility index (Phi) is 5.97. The third kappa shape index (κ3) is 4.13. The van der Waals surface area contributed by atoms with Gasteiger partial charge in [-0.15, -0.1) is 4.40 Å². The fourth-order valence-corrected chi connectivity index (χ4v) is 6.36. The highest BCUT2D eigenvalue weighted by molar-refractivity contribution is 7.90. The average molecular weight is 483 g/mol. The molecule has 180 valence electrons. The van der Waals surface area contributed by atoms with Gasteiger partial charge < -0.3 is 19.4 Å². The van der Waals surface area contributed by atoms with Gasteiger partial charge in [0.15, 0.2) is 5.84 Å². The Labute approximate surface area is 200 Å². The van der Waals surface area contributed by atoms with Crippen molar-refractivity contribution in [3.8, 4) is 5.75 Å². The second-order valence-electron chi connectivity index (χ2n) is 9.11. The molecular weight excluding hydrogens is 452 g/mol. The van der Waals surface area contributed by atoms with Crippen LogP contribution in [-0.2, 0) is 14.8 Å². The van der Waals surface area contributed by atoms with E-state index in [9.17, 15) is 13.2 Å². The van der Waals surface area contributed by atoms with Gasteiger partial charge in [-0.2, -0.15) is 8.42 Å². The van der Waals surface area contributed by atoms with E-state index in [1.54, 1.807) is 23.1 Å². The van der Waals surface area contributed by atoms with Crippen molar-refractivity contribution < 1.29 is 17.9 Å². The van der Waals surface area contributed by atoms with E-state index in [-0.39, 0.29) is 22.8 Å². The van der Waals surface area contributed by atoms with Crippen LogP contribution in [0.4, 0.5) is 5.69 Å². The molecule has 0 saturated carbocycles. The van der Waals surface area contributed by atoms with Crippen LogP contribution < -0.4 is 9.64 Å². The SMILES string of the molecule is CCN1C[C@H](CN(C)C(=O)C2CCN(C3=NS(=O)(=O)c4ccccc43)CC2)Oc2ccccc21. The molecule has 0 aromatic heterocycles. The number of piperidine rings is 1. The summed E-state index contributed by atoms with van der Waals surface area (Å²) in [5.41, 5.74) is 1.75. The zero-order chi connectivity index (χ0) is 23.9. The highest BCUT2D eigenvalue weighted by atomic mass is 32.2. The van der Waals surface area contributed by atoms with Gasteiger partial charge in [-0.05, 0) is 44.0 Å². The first-order valence-corrected chi connectivity index (χ1v) is 13.3. The number of carbonyl (C=O) groups excluding carboxylic acids is 1. The van der Waals surface area contributed by atoms with Gasteiger partial charge in [0.1, 0.15) is 16.7 Å². The topological polar surface area (TPSA) is 82.5 Å². The molecule has 0 radical (unpaired) electrons. The normalized spacial score (nSPS) is 21.4. The van der Waals surface area contributed by atoms with E-state index in [2.05, 4.69) is 22.3 Å². The largest absolute Gasteiger partial charge is 0.485 e. The summed E-state index contributed by atoms with van der Waals surface area (Å²) in [4.78, 5) is 19.5.